The number of aliphatic hydroxyl groups excluding tert-OH is 1. The molecule has 0 aliphatic heterocycles. The van der Waals surface area contributed by atoms with Crippen LogP contribution < -0.4 is 0 Å². The molecule has 0 aromatic carbocycles. The molecule has 106 valence electrons. The van der Waals surface area contributed by atoms with Gasteiger partial charge in [0.2, 0.25) is 11.7 Å². The molecule has 1 atom stereocenters. The molecule has 1 unspecified atom stereocenters. The lowest BCUT2D eigenvalue weighted by Gasteiger charge is -2.30. The summed E-state index contributed by atoms with van der Waals surface area (Å²) < 4.78 is 35.7. The van der Waals surface area contributed by atoms with Crippen molar-refractivity contribution in [2.24, 2.45) is 5.92 Å². The molecule has 1 aromatic heterocycles. The van der Waals surface area contributed by atoms with Gasteiger partial charge in [0.15, 0.2) is 0 Å². The number of esters is 1. The minimum atomic E-state index is -2.63. The first-order valence-electron chi connectivity index (χ1n) is 6.17. The van der Waals surface area contributed by atoms with Gasteiger partial charge in [-0.1, -0.05) is 0 Å². The van der Waals surface area contributed by atoms with Gasteiger partial charge in [-0.2, -0.15) is 0 Å². The van der Waals surface area contributed by atoms with Gasteiger partial charge in [0.1, 0.15) is 11.9 Å². The van der Waals surface area contributed by atoms with E-state index in [1.165, 1.54) is 19.2 Å². The molecule has 2 rings (SSSR count). The lowest BCUT2D eigenvalue weighted by atomic mass is 9.82. The zero-order chi connectivity index (χ0) is 14.0. The van der Waals surface area contributed by atoms with Crippen LogP contribution in [-0.2, 0) is 4.74 Å². The summed E-state index contributed by atoms with van der Waals surface area (Å²) >= 11 is 0. The summed E-state index contributed by atoms with van der Waals surface area (Å²) in [7, 11) is 1.23. The van der Waals surface area contributed by atoms with Crippen molar-refractivity contribution in [3.05, 3.63) is 23.7 Å². The van der Waals surface area contributed by atoms with Gasteiger partial charge in [-0.3, -0.25) is 0 Å². The fourth-order valence-electron chi connectivity index (χ4n) is 2.33. The molecule has 4 nitrogen and oxygen atoms in total. The zero-order valence-corrected chi connectivity index (χ0v) is 10.6. The second kappa shape index (κ2) is 5.28. The molecule has 1 saturated carbocycles. The number of rotatable bonds is 3. The summed E-state index contributed by atoms with van der Waals surface area (Å²) in [5, 5.41) is 10.1. The minimum absolute atomic E-state index is 0.00214. The molecule has 0 saturated heterocycles. The maximum absolute atomic E-state index is 13.0. The van der Waals surface area contributed by atoms with Crippen molar-refractivity contribution in [2.45, 2.75) is 37.7 Å². The van der Waals surface area contributed by atoms with Gasteiger partial charge in [0.25, 0.3) is 0 Å². The smallest absolute Gasteiger partial charge is 0.373 e. The van der Waals surface area contributed by atoms with Crippen LogP contribution >= 0.6 is 0 Å². The van der Waals surface area contributed by atoms with Crippen molar-refractivity contribution in [1.29, 1.82) is 0 Å². The molecule has 0 spiro atoms. The first-order valence-corrected chi connectivity index (χ1v) is 6.17. The number of alkyl halides is 2. The van der Waals surface area contributed by atoms with Crippen molar-refractivity contribution < 1.29 is 27.8 Å². The lowest BCUT2D eigenvalue weighted by molar-refractivity contribution is -0.0652. The van der Waals surface area contributed by atoms with Gasteiger partial charge < -0.3 is 14.3 Å². The van der Waals surface area contributed by atoms with Crippen LogP contribution in [0.15, 0.2) is 16.5 Å². The molecular weight excluding hydrogens is 258 g/mol. The fraction of sp³-hybridized carbons (Fsp3) is 0.615. The van der Waals surface area contributed by atoms with Crippen molar-refractivity contribution in [1.82, 2.24) is 0 Å². The van der Waals surface area contributed by atoms with Crippen LogP contribution in [0.4, 0.5) is 8.78 Å². The second-order valence-electron chi connectivity index (χ2n) is 4.83. The topological polar surface area (TPSA) is 59.7 Å². The van der Waals surface area contributed by atoms with Crippen LogP contribution in [0, 0.1) is 5.92 Å². The fourth-order valence-corrected chi connectivity index (χ4v) is 2.33. The van der Waals surface area contributed by atoms with E-state index >= 15 is 0 Å². The Kier molecular flexibility index (Phi) is 3.89. The molecule has 19 heavy (non-hydrogen) atoms. The van der Waals surface area contributed by atoms with Crippen LogP contribution in [0.25, 0.3) is 0 Å². The molecule has 0 radical (unpaired) electrons. The summed E-state index contributed by atoms with van der Waals surface area (Å²) in [6.45, 7) is 0. The van der Waals surface area contributed by atoms with Crippen molar-refractivity contribution in [3.8, 4) is 0 Å². The third kappa shape index (κ3) is 3.12. The number of aliphatic hydroxyl groups is 1. The van der Waals surface area contributed by atoms with Crippen molar-refractivity contribution >= 4 is 5.97 Å². The third-order valence-corrected chi connectivity index (χ3v) is 3.51. The maximum Gasteiger partial charge on any atom is 0.373 e. The van der Waals surface area contributed by atoms with Crippen molar-refractivity contribution in [3.63, 3.8) is 0 Å². The molecule has 1 N–H and O–H groups in total. The van der Waals surface area contributed by atoms with E-state index in [1.54, 1.807) is 0 Å². The number of carbonyl (C=O) groups excluding carboxylic acids is 1. The first kappa shape index (κ1) is 14.0. The van der Waals surface area contributed by atoms with Crippen LogP contribution in [0.1, 0.15) is 48.1 Å². The molecule has 1 aliphatic carbocycles. The number of furan rings is 1. The maximum atomic E-state index is 13.0. The Hall–Kier alpha value is -1.43. The monoisotopic (exact) mass is 274 g/mol. The molecule has 1 fully saturated rings. The number of ether oxygens (including phenoxy) is 1. The van der Waals surface area contributed by atoms with Gasteiger partial charge in [-0.05, 0) is 30.9 Å². The summed E-state index contributed by atoms with van der Waals surface area (Å²) in [6, 6.07) is 2.88. The Bertz CT molecular complexity index is 445. The van der Waals surface area contributed by atoms with Gasteiger partial charge in [0, 0.05) is 12.8 Å². The Labute approximate surface area is 109 Å². The van der Waals surface area contributed by atoms with E-state index in [-0.39, 0.29) is 43.1 Å². The lowest BCUT2D eigenvalue weighted by Crippen LogP contribution is -2.27. The highest BCUT2D eigenvalue weighted by molar-refractivity contribution is 5.86. The normalized spacial score (nSPS) is 21.1. The largest absolute Gasteiger partial charge is 0.463 e. The third-order valence-electron chi connectivity index (χ3n) is 3.51. The molecule has 6 heteroatoms. The molecule has 0 amide bonds. The molecule has 1 heterocycles. The SMILES string of the molecule is COC(=O)c1ccc(C(O)C2CCC(F)(F)CC2)o1. The second-order valence-corrected chi connectivity index (χ2v) is 4.83. The zero-order valence-electron chi connectivity index (χ0n) is 10.6. The average molecular weight is 274 g/mol. The van der Waals surface area contributed by atoms with E-state index in [2.05, 4.69) is 4.74 Å². The number of carbonyl (C=O) groups is 1. The number of halogens is 2. The van der Waals surface area contributed by atoms with Crippen LogP contribution in [0.3, 0.4) is 0 Å². The Morgan fingerprint density at radius 1 is 1.47 bits per heavy atom. The van der Waals surface area contributed by atoms with Gasteiger partial charge in [0.05, 0.1) is 7.11 Å². The van der Waals surface area contributed by atoms with E-state index in [0.29, 0.717) is 0 Å². The minimum Gasteiger partial charge on any atom is -0.463 e. The van der Waals surface area contributed by atoms with E-state index in [0.717, 1.165) is 0 Å². The number of methoxy groups -OCH3 is 1. The van der Waals surface area contributed by atoms with Gasteiger partial charge in [-0.25, -0.2) is 13.6 Å². The quantitative estimate of drug-likeness (QED) is 0.861. The molecule has 1 aliphatic rings. The molecule has 1 aromatic rings. The van der Waals surface area contributed by atoms with Crippen molar-refractivity contribution in [2.75, 3.05) is 7.11 Å². The highest BCUT2D eigenvalue weighted by atomic mass is 19.3. The summed E-state index contributed by atoms with van der Waals surface area (Å²) in [4.78, 5) is 11.2. The summed E-state index contributed by atoms with van der Waals surface area (Å²) in [6.07, 6.45) is -0.932. The van der Waals surface area contributed by atoms with Crippen LogP contribution in [0.2, 0.25) is 0 Å². The molecule has 0 bridgehead atoms. The van der Waals surface area contributed by atoms with Gasteiger partial charge >= 0.3 is 5.97 Å². The Morgan fingerprint density at radius 3 is 2.68 bits per heavy atom. The van der Waals surface area contributed by atoms with E-state index in [1.807, 2.05) is 0 Å². The Morgan fingerprint density at radius 2 is 2.11 bits per heavy atom. The van der Waals surface area contributed by atoms with E-state index < -0.39 is 18.0 Å². The summed E-state index contributed by atoms with van der Waals surface area (Å²) in [5.74, 6) is -3.31. The predicted molar refractivity (Wildman–Crippen MR) is 61.9 cm³/mol. The van der Waals surface area contributed by atoms with E-state index in [4.69, 9.17) is 4.42 Å². The number of hydrogen-bond acceptors (Lipinski definition) is 4. The highest BCUT2D eigenvalue weighted by Gasteiger charge is 2.38. The molecular formula is C13H16F2O4. The number of hydrogen-bond donors (Lipinski definition) is 1. The standard InChI is InChI=1S/C13H16F2O4/c1-18-12(17)10-3-2-9(19-10)11(16)8-4-6-13(14,15)7-5-8/h2-3,8,11,16H,4-7H2,1H3. The highest BCUT2D eigenvalue weighted by Crippen LogP contribution is 2.41. The van der Waals surface area contributed by atoms with Crippen LogP contribution in [0.5, 0.6) is 0 Å². The Balaban J connectivity index is 2.02. The van der Waals surface area contributed by atoms with E-state index in [9.17, 15) is 18.7 Å². The average Bonchev–Trinajstić information content (AvgIpc) is 2.86. The predicted octanol–water partition coefficient (Wildman–Crippen LogP) is 2.93. The van der Waals surface area contributed by atoms with Gasteiger partial charge in [-0.15, -0.1) is 0 Å². The summed E-state index contributed by atoms with van der Waals surface area (Å²) in [5.41, 5.74) is 0. The van der Waals surface area contributed by atoms with Crippen LogP contribution in [-0.4, -0.2) is 24.1 Å². The first-order chi connectivity index (χ1) is 8.93.